The minimum atomic E-state index is 0.111. The molecule has 0 bridgehead atoms. The van der Waals surface area contributed by atoms with Gasteiger partial charge in [0.2, 0.25) is 0 Å². The molecule has 1 aliphatic rings. The van der Waals surface area contributed by atoms with Crippen LogP contribution in [0, 0.1) is 5.92 Å². The molecule has 1 saturated heterocycles. The summed E-state index contributed by atoms with van der Waals surface area (Å²) in [6.07, 6.45) is 0. The van der Waals surface area contributed by atoms with Crippen molar-refractivity contribution in [1.29, 1.82) is 0 Å². The van der Waals surface area contributed by atoms with Crippen LogP contribution in [0.15, 0.2) is 30.3 Å². The van der Waals surface area contributed by atoms with E-state index < -0.39 is 0 Å². The van der Waals surface area contributed by atoms with E-state index in [1.54, 1.807) is 0 Å². The Hall–Kier alpha value is -0.510. The summed E-state index contributed by atoms with van der Waals surface area (Å²) in [6, 6.07) is 11.0. The molecule has 3 atom stereocenters. The van der Waals surface area contributed by atoms with Gasteiger partial charge in [-0.05, 0) is 24.2 Å². The molecule has 94 valence electrons. The molecule has 0 spiro atoms. The van der Waals surface area contributed by atoms with Gasteiger partial charge >= 0.3 is 0 Å². The molecule has 1 fully saturated rings. The number of benzene rings is 1. The van der Waals surface area contributed by atoms with Gasteiger partial charge < -0.3 is 11.1 Å². The fourth-order valence-corrected chi connectivity index (χ4v) is 4.12. The predicted octanol–water partition coefficient (Wildman–Crippen LogP) is 2.42. The molecule has 17 heavy (non-hydrogen) atoms. The normalized spacial score (nSPS) is 30.4. The third kappa shape index (κ3) is 2.67. The number of nitrogens with two attached hydrogens (primary N) is 1. The van der Waals surface area contributed by atoms with Crippen molar-refractivity contribution in [2.24, 2.45) is 11.7 Å². The van der Waals surface area contributed by atoms with E-state index in [1.165, 1.54) is 11.3 Å². The largest absolute Gasteiger partial charge is 0.329 e. The van der Waals surface area contributed by atoms with Crippen LogP contribution in [0.2, 0.25) is 0 Å². The molecule has 3 unspecified atom stereocenters. The Labute approximate surface area is 108 Å². The maximum Gasteiger partial charge on any atom is 0.0433 e. The molecule has 3 N–H and O–H groups in total. The fraction of sp³-hybridized carbons (Fsp3) is 0.571. The smallest absolute Gasteiger partial charge is 0.0433 e. The van der Waals surface area contributed by atoms with Gasteiger partial charge in [0.05, 0.1) is 0 Å². The molecular formula is C14H22N2S. The summed E-state index contributed by atoms with van der Waals surface area (Å²) in [6.45, 7) is 5.25. The first-order valence-corrected chi connectivity index (χ1v) is 7.44. The zero-order valence-electron chi connectivity index (χ0n) is 10.6. The van der Waals surface area contributed by atoms with E-state index in [0.717, 1.165) is 12.3 Å². The lowest BCUT2D eigenvalue weighted by molar-refractivity contribution is 0.266. The average molecular weight is 250 g/mol. The van der Waals surface area contributed by atoms with Crippen molar-refractivity contribution < 1.29 is 0 Å². The summed E-state index contributed by atoms with van der Waals surface area (Å²) in [5, 5.41) is 3.76. The van der Waals surface area contributed by atoms with Crippen LogP contribution in [0.3, 0.4) is 0 Å². The molecule has 1 aromatic carbocycles. The van der Waals surface area contributed by atoms with E-state index in [9.17, 15) is 0 Å². The summed E-state index contributed by atoms with van der Waals surface area (Å²) < 4.78 is 0. The SMILES string of the molecule is CC(NC1(CN)CSCC1C)c1ccccc1. The Morgan fingerprint density at radius 3 is 2.71 bits per heavy atom. The van der Waals surface area contributed by atoms with Crippen molar-refractivity contribution in [2.75, 3.05) is 18.1 Å². The second-order valence-corrected chi connectivity index (χ2v) is 6.08. The van der Waals surface area contributed by atoms with E-state index in [1.807, 2.05) is 11.8 Å². The number of rotatable bonds is 4. The first kappa shape index (κ1) is 12.9. The zero-order valence-corrected chi connectivity index (χ0v) is 11.5. The van der Waals surface area contributed by atoms with Gasteiger partial charge in [-0.1, -0.05) is 37.3 Å². The Balaban J connectivity index is 2.09. The Kier molecular flexibility index (Phi) is 4.13. The van der Waals surface area contributed by atoms with Gasteiger partial charge in [0, 0.05) is 23.9 Å². The molecule has 3 heteroatoms. The Morgan fingerprint density at radius 1 is 1.47 bits per heavy atom. The van der Waals surface area contributed by atoms with Gasteiger partial charge in [0.25, 0.3) is 0 Å². The maximum absolute atomic E-state index is 6.01. The predicted molar refractivity (Wildman–Crippen MR) is 76.3 cm³/mol. The molecule has 2 rings (SSSR count). The molecule has 1 aliphatic heterocycles. The molecular weight excluding hydrogens is 228 g/mol. The van der Waals surface area contributed by atoms with Crippen LogP contribution in [-0.4, -0.2) is 23.6 Å². The van der Waals surface area contributed by atoms with E-state index in [4.69, 9.17) is 5.73 Å². The topological polar surface area (TPSA) is 38.0 Å². The molecule has 0 saturated carbocycles. The lowest BCUT2D eigenvalue weighted by Crippen LogP contribution is -2.56. The zero-order chi connectivity index (χ0) is 12.3. The monoisotopic (exact) mass is 250 g/mol. The quantitative estimate of drug-likeness (QED) is 0.862. The molecule has 0 aromatic heterocycles. The third-order valence-corrected chi connectivity index (χ3v) is 5.29. The number of thioether (sulfide) groups is 1. The summed E-state index contributed by atoms with van der Waals surface area (Å²) in [4.78, 5) is 0. The summed E-state index contributed by atoms with van der Waals surface area (Å²) in [7, 11) is 0. The molecule has 0 aliphatic carbocycles. The fourth-order valence-electron chi connectivity index (χ4n) is 2.48. The van der Waals surface area contributed by atoms with Crippen LogP contribution in [0.25, 0.3) is 0 Å². The molecule has 0 radical (unpaired) electrons. The van der Waals surface area contributed by atoms with Crippen LogP contribution in [0.1, 0.15) is 25.5 Å². The minimum absolute atomic E-state index is 0.111. The standard InChI is InChI=1S/C14H22N2S/c1-11-8-17-10-14(11,9-15)16-12(2)13-6-4-3-5-7-13/h3-7,11-12,16H,8-10,15H2,1-2H3. The van der Waals surface area contributed by atoms with Gasteiger partial charge in [-0.2, -0.15) is 11.8 Å². The summed E-state index contributed by atoms with van der Waals surface area (Å²) in [5.41, 5.74) is 7.46. The van der Waals surface area contributed by atoms with Gasteiger partial charge in [-0.25, -0.2) is 0 Å². The third-order valence-electron chi connectivity index (χ3n) is 3.84. The highest BCUT2D eigenvalue weighted by Crippen LogP contribution is 2.34. The van der Waals surface area contributed by atoms with E-state index in [0.29, 0.717) is 12.0 Å². The van der Waals surface area contributed by atoms with Crippen molar-refractivity contribution >= 4 is 11.8 Å². The van der Waals surface area contributed by atoms with E-state index in [-0.39, 0.29) is 5.54 Å². The van der Waals surface area contributed by atoms with E-state index in [2.05, 4.69) is 49.5 Å². The van der Waals surface area contributed by atoms with Crippen molar-refractivity contribution in [1.82, 2.24) is 5.32 Å². The van der Waals surface area contributed by atoms with Crippen molar-refractivity contribution in [3.63, 3.8) is 0 Å². The van der Waals surface area contributed by atoms with Crippen LogP contribution in [-0.2, 0) is 0 Å². The lowest BCUT2D eigenvalue weighted by Gasteiger charge is -2.36. The van der Waals surface area contributed by atoms with Crippen LogP contribution in [0.5, 0.6) is 0 Å². The summed E-state index contributed by atoms with van der Waals surface area (Å²) in [5.74, 6) is 2.98. The van der Waals surface area contributed by atoms with E-state index >= 15 is 0 Å². The highest BCUT2D eigenvalue weighted by Gasteiger charge is 2.40. The number of hydrogen-bond acceptors (Lipinski definition) is 3. The first-order chi connectivity index (χ1) is 8.18. The van der Waals surface area contributed by atoms with Crippen molar-refractivity contribution in [3.8, 4) is 0 Å². The van der Waals surface area contributed by atoms with Gasteiger partial charge in [-0.15, -0.1) is 0 Å². The summed E-state index contributed by atoms with van der Waals surface area (Å²) >= 11 is 2.01. The molecule has 0 amide bonds. The maximum atomic E-state index is 6.01. The van der Waals surface area contributed by atoms with Gasteiger partial charge in [0.15, 0.2) is 0 Å². The minimum Gasteiger partial charge on any atom is -0.329 e. The second-order valence-electron chi connectivity index (χ2n) is 5.05. The lowest BCUT2D eigenvalue weighted by atomic mass is 9.87. The highest BCUT2D eigenvalue weighted by atomic mass is 32.2. The number of nitrogens with one attached hydrogen (secondary N) is 1. The van der Waals surface area contributed by atoms with Crippen molar-refractivity contribution in [3.05, 3.63) is 35.9 Å². The Bertz CT molecular complexity index is 354. The van der Waals surface area contributed by atoms with Crippen LogP contribution >= 0.6 is 11.8 Å². The Morgan fingerprint density at radius 2 is 2.18 bits per heavy atom. The van der Waals surface area contributed by atoms with Crippen LogP contribution < -0.4 is 11.1 Å². The van der Waals surface area contributed by atoms with Gasteiger partial charge in [-0.3, -0.25) is 0 Å². The van der Waals surface area contributed by atoms with Gasteiger partial charge in [0.1, 0.15) is 0 Å². The highest BCUT2D eigenvalue weighted by molar-refractivity contribution is 7.99. The molecule has 2 nitrogen and oxygen atoms in total. The molecule has 1 aromatic rings. The number of hydrogen-bond donors (Lipinski definition) is 2. The first-order valence-electron chi connectivity index (χ1n) is 6.28. The molecule has 1 heterocycles. The van der Waals surface area contributed by atoms with Crippen molar-refractivity contribution in [2.45, 2.75) is 25.4 Å². The second kappa shape index (κ2) is 5.42. The average Bonchev–Trinajstić information content (AvgIpc) is 2.72. The van der Waals surface area contributed by atoms with Crippen LogP contribution in [0.4, 0.5) is 0 Å².